The Morgan fingerprint density at radius 2 is 1.95 bits per heavy atom. The van der Waals surface area contributed by atoms with Crippen molar-refractivity contribution in [3.63, 3.8) is 0 Å². The number of hydroxylamine groups is 2. The van der Waals surface area contributed by atoms with Gasteiger partial charge in [0.05, 0.1) is 6.42 Å². The first-order valence-electron chi connectivity index (χ1n) is 6.16. The number of carboxylic acid groups (broad SMARTS) is 1. The molecule has 2 rings (SSSR count). The van der Waals surface area contributed by atoms with Gasteiger partial charge in [-0.2, -0.15) is 0 Å². The van der Waals surface area contributed by atoms with Crippen LogP contribution in [-0.2, 0) is 11.2 Å². The highest BCUT2D eigenvalue weighted by molar-refractivity contribution is 5.85. The predicted octanol–water partition coefficient (Wildman–Crippen LogP) is 2.66. The Bertz CT molecular complexity index is 575. The average molecular weight is 258 g/mol. The molecule has 0 heterocycles. The number of hydrogen-bond acceptors (Lipinski definition) is 3. The monoisotopic (exact) mass is 258 g/mol. The summed E-state index contributed by atoms with van der Waals surface area (Å²) in [6, 6.07) is 13.2. The second-order valence-electron chi connectivity index (χ2n) is 4.64. The molecule has 0 radical (unpaired) electrons. The molecule has 4 heteroatoms. The lowest BCUT2D eigenvalue weighted by Gasteiger charge is -2.32. The van der Waals surface area contributed by atoms with Crippen LogP contribution >= 0.6 is 0 Å². The molecule has 0 aliphatic carbocycles. The Balaban J connectivity index is 2.31. The van der Waals surface area contributed by atoms with Gasteiger partial charge in [0.15, 0.2) is 0 Å². The van der Waals surface area contributed by atoms with Gasteiger partial charge in [0.2, 0.25) is 0 Å². The highest BCUT2D eigenvalue weighted by Crippen LogP contribution is 2.21. The second-order valence-corrected chi connectivity index (χ2v) is 4.64. The van der Waals surface area contributed by atoms with Gasteiger partial charge in [0.25, 0.3) is 0 Å². The average Bonchev–Trinajstić information content (AvgIpc) is 2.37. The smallest absolute Gasteiger partial charge is 0.304 e. The van der Waals surface area contributed by atoms with E-state index in [1.165, 1.54) is 7.05 Å². The molecule has 0 spiro atoms. The van der Waals surface area contributed by atoms with Crippen LogP contribution in [-0.4, -0.2) is 29.2 Å². The summed E-state index contributed by atoms with van der Waals surface area (Å²) in [6.45, 7) is 0. The van der Waals surface area contributed by atoms with Crippen LogP contribution in [0.5, 0.6) is 0 Å². The van der Waals surface area contributed by atoms with Gasteiger partial charge in [0, 0.05) is 6.04 Å². The third-order valence-electron chi connectivity index (χ3n) is 3.26. The first-order chi connectivity index (χ1) is 9.08. The number of rotatable bonds is 5. The lowest BCUT2D eigenvalue weighted by atomic mass is 9.97. The molecule has 0 aliphatic heterocycles. The molecule has 0 aromatic heterocycles. The van der Waals surface area contributed by atoms with Crippen molar-refractivity contribution in [1.82, 2.24) is 5.06 Å². The van der Waals surface area contributed by atoms with E-state index in [1.54, 1.807) is 0 Å². The first-order valence-corrected chi connectivity index (χ1v) is 6.16. The summed E-state index contributed by atoms with van der Waals surface area (Å²) in [4.78, 5) is 10.8. The minimum atomic E-state index is -0.951. The molecular formula is C15H16NO3-. The molecule has 0 aliphatic rings. The fraction of sp³-hybridized carbons (Fsp3) is 0.267. The molecule has 2 aromatic rings. The molecule has 0 fully saturated rings. The maximum atomic E-state index is 11.5. The van der Waals surface area contributed by atoms with Crippen LogP contribution in [0, 0.1) is 5.21 Å². The van der Waals surface area contributed by atoms with Crippen molar-refractivity contribution in [2.75, 3.05) is 7.05 Å². The molecule has 2 aromatic carbocycles. The Morgan fingerprint density at radius 3 is 2.63 bits per heavy atom. The van der Waals surface area contributed by atoms with Crippen molar-refractivity contribution >= 4 is 16.7 Å². The van der Waals surface area contributed by atoms with E-state index in [-0.39, 0.29) is 6.42 Å². The fourth-order valence-electron chi connectivity index (χ4n) is 2.26. The molecular weight excluding hydrogens is 242 g/mol. The number of aliphatic carboxylic acids is 1. The number of nitrogens with zero attached hydrogens (tertiary/aromatic N) is 1. The van der Waals surface area contributed by atoms with Gasteiger partial charge in [-0.1, -0.05) is 42.5 Å². The molecule has 4 nitrogen and oxygen atoms in total. The molecule has 1 unspecified atom stereocenters. The summed E-state index contributed by atoms with van der Waals surface area (Å²) in [5, 5.41) is 23.2. The largest absolute Gasteiger partial charge is 0.785 e. The maximum Gasteiger partial charge on any atom is 0.304 e. The van der Waals surface area contributed by atoms with Gasteiger partial charge >= 0.3 is 5.97 Å². The van der Waals surface area contributed by atoms with Crippen molar-refractivity contribution in [2.24, 2.45) is 0 Å². The SMILES string of the molecule is CN([O-])C(CC(=O)O)Cc1cccc2ccccc12. The zero-order valence-corrected chi connectivity index (χ0v) is 10.7. The van der Waals surface area contributed by atoms with Crippen LogP contribution in [0.4, 0.5) is 0 Å². The van der Waals surface area contributed by atoms with Crippen molar-refractivity contribution < 1.29 is 9.90 Å². The van der Waals surface area contributed by atoms with E-state index in [1.807, 2.05) is 42.5 Å². The summed E-state index contributed by atoms with van der Waals surface area (Å²) in [5.41, 5.74) is 1.01. The van der Waals surface area contributed by atoms with Crippen LogP contribution in [0.1, 0.15) is 12.0 Å². The van der Waals surface area contributed by atoms with Gasteiger partial charge in [-0.3, -0.25) is 4.79 Å². The number of fused-ring (bicyclic) bond motifs is 1. The number of hydrogen-bond donors (Lipinski definition) is 1. The van der Waals surface area contributed by atoms with Crippen molar-refractivity contribution in [1.29, 1.82) is 0 Å². The minimum absolute atomic E-state index is 0.150. The summed E-state index contributed by atoms with van der Waals surface area (Å²) in [5.74, 6) is -0.951. The summed E-state index contributed by atoms with van der Waals surface area (Å²) in [6.07, 6.45) is 0.289. The second kappa shape index (κ2) is 5.82. The number of carboxylic acids is 1. The molecule has 0 saturated heterocycles. The van der Waals surface area contributed by atoms with E-state index in [2.05, 4.69) is 0 Å². The Morgan fingerprint density at radius 1 is 1.26 bits per heavy atom. The quantitative estimate of drug-likeness (QED) is 0.837. The van der Waals surface area contributed by atoms with Gasteiger partial charge in [-0.15, -0.1) is 0 Å². The standard InChI is InChI=1S/C15H16NO3/c1-16(19)13(10-15(17)18)9-12-7-4-6-11-5-2-3-8-14(11)12/h2-8,13H,9-10H2,1H3,(H,17,18)/q-1. The van der Waals surface area contributed by atoms with E-state index in [0.29, 0.717) is 6.42 Å². The molecule has 19 heavy (non-hydrogen) atoms. The third kappa shape index (κ3) is 3.30. The molecule has 1 N–H and O–H groups in total. The van der Waals surface area contributed by atoms with Crippen LogP contribution < -0.4 is 0 Å². The minimum Gasteiger partial charge on any atom is -0.785 e. The Hall–Kier alpha value is -1.91. The lowest BCUT2D eigenvalue weighted by molar-refractivity contribution is -0.138. The van der Waals surface area contributed by atoms with Gasteiger partial charge in [-0.05, 0) is 29.8 Å². The summed E-state index contributed by atoms with van der Waals surface area (Å²) >= 11 is 0. The Labute approximate surface area is 111 Å². The van der Waals surface area contributed by atoms with Gasteiger partial charge in [-0.25, -0.2) is 0 Å². The first kappa shape index (κ1) is 13.5. The number of likely N-dealkylation sites (N-methyl/N-ethyl adjacent to an activating group) is 1. The molecule has 1 atom stereocenters. The molecule has 0 bridgehead atoms. The van der Waals surface area contributed by atoms with Crippen molar-refractivity contribution in [2.45, 2.75) is 18.9 Å². The van der Waals surface area contributed by atoms with E-state index < -0.39 is 12.0 Å². The summed E-state index contributed by atoms with van der Waals surface area (Å²) in [7, 11) is 1.37. The van der Waals surface area contributed by atoms with E-state index in [9.17, 15) is 10.0 Å². The highest BCUT2D eigenvalue weighted by Gasteiger charge is 2.14. The topological polar surface area (TPSA) is 63.6 Å². The van der Waals surface area contributed by atoms with Gasteiger partial charge in [0.1, 0.15) is 0 Å². The highest BCUT2D eigenvalue weighted by atomic mass is 16.5. The van der Waals surface area contributed by atoms with Crippen LogP contribution in [0.25, 0.3) is 10.8 Å². The Kier molecular flexibility index (Phi) is 4.14. The van der Waals surface area contributed by atoms with Crippen LogP contribution in [0.2, 0.25) is 0 Å². The zero-order valence-electron chi connectivity index (χ0n) is 10.7. The number of benzene rings is 2. The fourth-order valence-corrected chi connectivity index (χ4v) is 2.26. The molecule has 100 valence electrons. The molecule has 0 amide bonds. The lowest BCUT2D eigenvalue weighted by Crippen LogP contribution is -2.31. The third-order valence-corrected chi connectivity index (χ3v) is 3.26. The molecule has 0 saturated carbocycles. The van der Waals surface area contributed by atoms with Crippen LogP contribution in [0.15, 0.2) is 42.5 Å². The predicted molar refractivity (Wildman–Crippen MR) is 74.8 cm³/mol. The van der Waals surface area contributed by atoms with E-state index in [0.717, 1.165) is 21.4 Å². The van der Waals surface area contributed by atoms with E-state index in [4.69, 9.17) is 5.11 Å². The van der Waals surface area contributed by atoms with E-state index >= 15 is 0 Å². The van der Waals surface area contributed by atoms with Crippen molar-refractivity contribution in [3.05, 3.63) is 53.2 Å². The van der Waals surface area contributed by atoms with Crippen molar-refractivity contribution in [3.8, 4) is 0 Å². The summed E-state index contributed by atoms with van der Waals surface area (Å²) < 4.78 is 0. The maximum absolute atomic E-state index is 11.5. The zero-order chi connectivity index (χ0) is 13.8. The van der Waals surface area contributed by atoms with Crippen LogP contribution in [0.3, 0.4) is 0 Å². The normalized spacial score (nSPS) is 12.8. The number of carbonyl (C=O) groups is 1. The van der Waals surface area contributed by atoms with Gasteiger partial charge < -0.3 is 15.4 Å².